The maximum atomic E-state index is 13.5. The number of hydrogen-bond donors (Lipinski definition) is 0. The van der Waals surface area contributed by atoms with Gasteiger partial charge in [0.2, 0.25) is 0 Å². The van der Waals surface area contributed by atoms with Gasteiger partial charge < -0.3 is 4.74 Å². The van der Waals surface area contributed by atoms with E-state index in [2.05, 4.69) is 0 Å². The van der Waals surface area contributed by atoms with Gasteiger partial charge in [-0.05, 0) is 30.7 Å². The Labute approximate surface area is 170 Å². The number of benzene rings is 2. The molecule has 3 rings (SSSR count). The van der Waals surface area contributed by atoms with Crippen LogP contribution in [0.15, 0.2) is 59.4 Å². The summed E-state index contributed by atoms with van der Waals surface area (Å²) in [6.07, 6.45) is 2.72. The Kier molecular flexibility index (Phi) is 6.51. The first-order chi connectivity index (χ1) is 14.0. The number of Topliss-reactive ketones (excluding diaryl/α,β-unsaturated/α-hetero) is 1. The lowest BCUT2D eigenvalue weighted by Crippen LogP contribution is -2.34. The largest absolute Gasteiger partial charge is 0.463 e. The maximum absolute atomic E-state index is 13.5. The highest BCUT2D eigenvalue weighted by atomic mass is 32.1. The van der Waals surface area contributed by atoms with Crippen molar-refractivity contribution in [2.75, 3.05) is 6.61 Å². The molecule has 0 atom stereocenters. The van der Waals surface area contributed by atoms with Gasteiger partial charge in [0.15, 0.2) is 5.78 Å². The van der Waals surface area contributed by atoms with E-state index in [1.807, 2.05) is 0 Å². The normalized spacial score (nSPS) is 12.2. The Morgan fingerprint density at radius 2 is 1.90 bits per heavy atom. The van der Waals surface area contributed by atoms with Crippen LogP contribution in [0, 0.1) is 5.82 Å². The predicted octanol–water partition coefficient (Wildman–Crippen LogP) is 2.10. The van der Waals surface area contributed by atoms with E-state index in [0.29, 0.717) is 15.8 Å². The third kappa shape index (κ3) is 5.14. The van der Waals surface area contributed by atoms with Crippen LogP contribution in [0.2, 0.25) is 0 Å². The Morgan fingerprint density at radius 3 is 2.59 bits per heavy atom. The fourth-order valence-corrected chi connectivity index (χ4v) is 3.71. The molecule has 0 aliphatic rings. The van der Waals surface area contributed by atoms with Gasteiger partial charge in [-0.2, -0.15) is 0 Å². The van der Waals surface area contributed by atoms with Crippen molar-refractivity contribution in [3.63, 3.8) is 0 Å². The molecule has 7 heteroatoms. The summed E-state index contributed by atoms with van der Waals surface area (Å²) in [7, 11) is 0. The SMILES string of the molecule is CCOC(=O)/C=c1\s/c(=C\c2cccc(F)c2)c(=O)n1CC(=O)c1ccccc1. The Balaban J connectivity index is 2.10. The zero-order chi connectivity index (χ0) is 20.8. The second-order valence-corrected chi connectivity index (χ2v) is 7.14. The minimum atomic E-state index is -0.605. The van der Waals surface area contributed by atoms with Crippen LogP contribution in [-0.4, -0.2) is 22.9 Å². The average molecular weight is 411 g/mol. The fraction of sp³-hybridized carbons (Fsp3) is 0.136. The lowest BCUT2D eigenvalue weighted by atomic mass is 10.1. The highest BCUT2D eigenvalue weighted by Gasteiger charge is 2.12. The van der Waals surface area contributed by atoms with Gasteiger partial charge in [-0.25, -0.2) is 9.18 Å². The van der Waals surface area contributed by atoms with E-state index < -0.39 is 17.3 Å². The molecule has 0 amide bonds. The Morgan fingerprint density at radius 1 is 1.14 bits per heavy atom. The molecule has 2 aromatic carbocycles. The van der Waals surface area contributed by atoms with E-state index >= 15 is 0 Å². The van der Waals surface area contributed by atoms with Crippen LogP contribution in [0.1, 0.15) is 22.8 Å². The third-order valence-electron chi connectivity index (χ3n) is 4.01. The Hall–Kier alpha value is -3.32. The maximum Gasteiger partial charge on any atom is 0.333 e. The van der Waals surface area contributed by atoms with E-state index in [0.717, 1.165) is 11.3 Å². The molecule has 0 unspecified atom stereocenters. The summed E-state index contributed by atoms with van der Waals surface area (Å²) in [5, 5.41) is 0. The molecule has 0 aliphatic carbocycles. The molecule has 29 heavy (non-hydrogen) atoms. The average Bonchev–Trinajstić information content (AvgIpc) is 2.97. The zero-order valence-corrected chi connectivity index (χ0v) is 16.4. The van der Waals surface area contributed by atoms with E-state index in [1.54, 1.807) is 43.3 Å². The number of halogens is 1. The van der Waals surface area contributed by atoms with Gasteiger partial charge in [0.1, 0.15) is 10.5 Å². The van der Waals surface area contributed by atoms with Gasteiger partial charge in [-0.15, -0.1) is 11.3 Å². The predicted molar refractivity (Wildman–Crippen MR) is 110 cm³/mol. The lowest BCUT2D eigenvalue weighted by molar-refractivity contribution is -0.135. The summed E-state index contributed by atoms with van der Waals surface area (Å²) in [5.41, 5.74) is 0.537. The van der Waals surface area contributed by atoms with Crippen LogP contribution < -0.4 is 14.8 Å². The van der Waals surface area contributed by atoms with Gasteiger partial charge in [0.05, 0.1) is 23.8 Å². The summed E-state index contributed by atoms with van der Waals surface area (Å²) in [5.74, 6) is -1.29. The summed E-state index contributed by atoms with van der Waals surface area (Å²) in [6, 6.07) is 14.4. The molecule has 1 aromatic heterocycles. The monoisotopic (exact) mass is 411 g/mol. The van der Waals surface area contributed by atoms with Gasteiger partial charge in [-0.3, -0.25) is 14.2 Å². The molecular weight excluding hydrogens is 393 g/mol. The first-order valence-electron chi connectivity index (χ1n) is 8.91. The number of carbonyl (C=O) groups is 2. The number of aromatic nitrogens is 1. The molecular formula is C22H18FNO4S. The summed E-state index contributed by atoms with van der Waals surface area (Å²) in [4.78, 5) is 37.4. The minimum Gasteiger partial charge on any atom is -0.463 e. The number of ether oxygens (including phenoxy) is 1. The van der Waals surface area contributed by atoms with E-state index in [9.17, 15) is 18.8 Å². The summed E-state index contributed by atoms with van der Waals surface area (Å²) >= 11 is 1.04. The molecule has 3 aromatic rings. The van der Waals surface area contributed by atoms with Gasteiger partial charge in [0, 0.05) is 5.56 Å². The van der Waals surface area contributed by atoms with E-state index in [4.69, 9.17) is 4.74 Å². The molecule has 0 aliphatic heterocycles. The highest BCUT2D eigenvalue weighted by Crippen LogP contribution is 2.04. The van der Waals surface area contributed by atoms with Crippen molar-refractivity contribution in [3.8, 4) is 0 Å². The number of rotatable bonds is 6. The van der Waals surface area contributed by atoms with Crippen LogP contribution in [-0.2, 0) is 16.1 Å². The number of carbonyl (C=O) groups excluding carboxylic acids is 2. The van der Waals surface area contributed by atoms with Gasteiger partial charge in [0.25, 0.3) is 5.56 Å². The fourth-order valence-electron chi connectivity index (χ4n) is 2.68. The Bertz CT molecular complexity index is 1210. The number of thiazole rings is 1. The number of hydrogen-bond acceptors (Lipinski definition) is 5. The molecule has 5 nitrogen and oxygen atoms in total. The van der Waals surface area contributed by atoms with Crippen molar-refractivity contribution in [1.82, 2.24) is 4.57 Å². The third-order valence-corrected chi connectivity index (χ3v) is 5.07. The van der Waals surface area contributed by atoms with Crippen molar-refractivity contribution in [1.29, 1.82) is 0 Å². The number of esters is 1. The summed E-state index contributed by atoms with van der Waals surface area (Å²) < 4.78 is 20.2. The molecule has 0 fully saturated rings. The first kappa shape index (κ1) is 20.4. The van der Waals surface area contributed by atoms with Crippen molar-refractivity contribution in [2.45, 2.75) is 13.5 Å². The summed E-state index contributed by atoms with van der Waals surface area (Å²) in [6.45, 7) is 1.65. The molecule has 148 valence electrons. The number of ketones is 1. The van der Waals surface area contributed by atoms with Gasteiger partial charge >= 0.3 is 5.97 Å². The van der Waals surface area contributed by atoms with Crippen molar-refractivity contribution >= 4 is 35.2 Å². The van der Waals surface area contributed by atoms with Gasteiger partial charge in [-0.1, -0.05) is 42.5 Å². The van der Waals surface area contributed by atoms with Crippen LogP contribution in [0.3, 0.4) is 0 Å². The number of nitrogens with zero attached hydrogens (tertiary/aromatic N) is 1. The molecule has 0 saturated heterocycles. The minimum absolute atomic E-state index is 0.191. The van der Waals surface area contributed by atoms with E-state index in [-0.39, 0.29) is 23.5 Å². The smallest absolute Gasteiger partial charge is 0.333 e. The van der Waals surface area contributed by atoms with Crippen LogP contribution in [0.5, 0.6) is 0 Å². The first-order valence-corrected chi connectivity index (χ1v) is 9.73. The van der Waals surface area contributed by atoms with Crippen molar-refractivity contribution in [3.05, 3.63) is 91.1 Å². The van der Waals surface area contributed by atoms with Crippen LogP contribution in [0.4, 0.5) is 4.39 Å². The molecule has 0 bridgehead atoms. The van der Waals surface area contributed by atoms with Crippen LogP contribution in [0.25, 0.3) is 12.2 Å². The molecule has 0 spiro atoms. The molecule has 0 N–H and O–H groups in total. The van der Waals surface area contributed by atoms with Crippen molar-refractivity contribution in [2.24, 2.45) is 0 Å². The highest BCUT2D eigenvalue weighted by molar-refractivity contribution is 7.07. The molecule has 0 radical (unpaired) electrons. The van der Waals surface area contributed by atoms with Crippen LogP contribution >= 0.6 is 11.3 Å². The standard InChI is InChI=1S/C22H18FNO4S/c1-2-28-21(26)13-20-24(14-18(25)16-8-4-3-5-9-16)22(27)19(29-20)12-15-7-6-10-17(23)11-15/h3-13H,2,14H2,1H3/b19-12-,20-13-. The molecule has 0 saturated carbocycles. The van der Waals surface area contributed by atoms with E-state index in [1.165, 1.54) is 34.9 Å². The lowest BCUT2D eigenvalue weighted by Gasteiger charge is -2.02. The quantitative estimate of drug-likeness (QED) is 0.460. The second-order valence-electron chi connectivity index (χ2n) is 6.08. The second kappa shape index (κ2) is 9.25. The van der Waals surface area contributed by atoms with Crippen molar-refractivity contribution < 1.29 is 18.7 Å². The molecule has 1 heterocycles. The zero-order valence-electron chi connectivity index (χ0n) is 15.6. The topological polar surface area (TPSA) is 65.4 Å².